The maximum Gasteiger partial charge on any atom is 0.498 e. The zero-order valence-corrected chi connectivity index (χ0v) is 15.1. The number of ether oxygens (including phenoxy) is 4. The number of methoxy groups -OCH3 is 4. The molecule has 6 nitrogen and oxygen atoms in total. The Morgan fingerprint density at radius 2 is 1.22 bits per heavy atom. The molecule has 0 atom stereocenters. The van der Waals surface area contributed by atoms with E-state index in [0.29, 0.717) is 28.5 Å². The van der Waals surface area contributed by atoms with Crippen LogP contribution in [-0.4, -0.2) is 46.8 Å². The first kappa shape index (κ1) is 17.8. The molecule has 0 amide bonds. The normalized spacial score (nSPS) is 18.7. The summed E-state index contributed by atoms with van der Waals surface area (Å²) in [6.45, 7) is 7.99. The van der Waals surface area contributed by atoms with E-state index in [0.717, 1.165) is 0 Å². The number of hydrogen-bond acceptors (Lipinski definition) is 6. The Balaban J connectivity index is 2.59. The maximum absolute atomic E-state index is 6.11. The summed E-state index contributed by atoms with van der Waals surface area (Å²) in [5.41, 5.74) is -0.216. The van der Waals surface area contributed by atoms with E-state index in [1.165, 1.54) is 0 Å². The van der Waals surface area contributed by atoms with Crippen LogP contribution in [0.15, 0.2) is 6.07 Å². The summed E-state index contributed by atoms with van der Waals surface area (Å²) in [4.78, 5) is 0. The van der Waals surface area contributed by atoms with Crippen LogP contribution in [0.5, 0.6) is 23.0 Å². The van der Waals surface area contributed by atoms with Crippen LogP contribution in [0.1, 0.15) is 27.7 Å². The SMILES string of the molecule is COc1cc(B2OC(C)(C)C(C)(C)O2)c(OC)c(OC)c1OC. The molecule has 0 aliphatic carbocycles. The summed E-state index contributed by atoms with van der Waals surface area (Å²) in [5.74, 6) is 1.93. The van der Waals surface area contributed by atoms with Gasteiger partial charge in [-0.3, -0.25) is 0 Å². The third-order valence-corrected chi connectivity index (χ3v) is 4.52. The van der Waals surface area contributed by atoms with Gasteiger partial charge in [-0.05, 0) is 33.8 Å². The van der Waals surface area contributed by atoms with Crippen molar-refractivity contribution in [2.24, 2.45) is 0 Å². The van der Waals surface area contributed by atoms with Gasteiger partial charge in [-0.2, -0.15) is 0 Å². The van der Waals surface area contributed by atoms with Crippen molar-refractivity contribution in [1.29, 1.82) is 0 Å². The Bertz CT molecular complexity index is 568. The second-order valence-corrected chi connectivity index (χ2v) is 6.36. The minimum Gasteiger partial charge on any atom is -0.493 e. The molecule has 1 heterocycles. The van der Waals surface area contributed by atoms with Gasteiger partial charge in [0.05, 0.1) is 39.6 Å². The van der Waals surface area contributed by atoms with Gasteiger partial charge in [-0.25, -0.2) is 0 Å². The molecule has 1 aliphatic rings. The van der Waals surface area contributed by atoms with E-state index in [9.17, 15) is 0 Å². The van der Waals surface area contributed by atoms with Gasteiger partial charge in [0, 0.05) is 5.46 Å². The van der Waals surface area contributed by atoms with E-state index in [2.05, 4.69) is 0 Å². The summed E-state index contributed by atoms with van der Waals surface area (Å²) < 4.78 is 34.0. The van der Waals surface area contributed by atoms with Gasteiger partial charge in [0.1, 0.15) is 0 Å². The zero-order chi connectivity index (χ0) is 17.4. The molecule has 2 rings (SSSR count). The molecule has 1 saturated heterocycles. The smallest absolute Gasteiger partial charge is 0.493 e. The second kappa shape index (κ2) is 6.13. The molecule has 1 fully saturated rings. The highest BCUT2D eigenvalue weighted by atomic mass is 16.7. The van der Waals surface area contributed by atoms with Crippen molar-refractivity contribution in [3.63, 3.8) is 0 Å². The minimum atomic E-state index is -0.594. The molecule has 0 bridgehead atoms. The molecule has 0 unspecified atom stereocenters. The van der Waals surface area contributed by atoms with E-state index in [4.69, 9.17) is 28.3 Å². The molecule has 0 radical (unpaired) electrons. The molecular weight excluding hydrogens is 299 g/mol. The quantitative estimate of drug-likeness (QED) is 0.773. The average Bonchev–Trinajstić information content (AvgIpc) is 2.72. The van der Waals surface area contributed by atoms with Crippen LogP contribution in [0.4, 0.5) is 0 Å². The lowest BCUT2D eigenvalue weighted by Gasteiger charge is -2.32. The molecule has 7 heteroatoms. The van der Waals surface area contributed by atoms with Gasteiger partial charge in [0.15, 0.2) is 11.5 Å². The monoisotopic (exact) mass is 324 g/mol. The molecular formula is C16H25BO6. The van der Waals surface area contributed by atoms with Gasteiger partial charge < -0.3 is 28.3 Å². The molecule has 23 heavy (non-hydrogen) atoms. The molecule has 0 saturated carbocycles. The fraction of sp³-hybridized carbons (Fsp3) is 0.625. The van der Waals surface area contributed by atoms with E-state index in [1.54, 1.807) is 34.5 Å². The molecule has 128 valence electrons. The first-order valence-corrected chi connectivity index (χ1v) is 7.45. The molecule has 0 N–H and O–H groups in total. The summed E-state index contributed by atoms with van der Waals surface area (Å²) in [5, 5.41) is 0. The highest BCUT2D eigenvalue weighted by molar-refractivity contribution is 6.63. The van der Waals surface area contributed by atoms with Crippen LogP contribution >= 0.6 is 0 Å². The van der Waals surface area contributed by atoms with Gasteiger partial charge in [0.25, 0.3) is 0 Å². The Morgan fingerprint density at radius 3 is 1.61 bits per heavy atom. The summed E-state index contributed by atoms with van der Waals surface area (Å²) in [6.07, 6.45) is 0. The largest absolute Gasteiger partial charge is 0.498 e. The molecule has 0 spiro atoms. The van der Waals surface area contributed by atoms with Crippen molar-refractivity contribution in [3.8, 4) is 23.0 Å². The zero-order valence-electron chi connectivity index (χ0n) is 15.1. The summed E-state index contributed by atoms with van der Waals surface area (Å²) in [7, 11) is 5.64. The van der Waals surface area contributed by atoms with Gasteiger partial charge in [0.2, 0.25) is 11.5 Å². The van der Waals surface area contributed by atoms with Gasteiger partial charge in [-0.15, -0.1) is 0 Å². The van der Waals surface area contributed by atoms with Crippen molar-refractivity contribution < 1.29 is 28.3 Å². The van der Waals surface area contributed by atoms with Crippen molar-refractivity contribution in [2.75, 3.05) is 28.4 Å². The predicted octanol–water partition coefficient (Wildman–Crippen LogP) is 2.02. The number of hydrogen-bond donors (Lipinski definition) is 0. The molecule has 1 aromatic rings. The Morgan fingerprint density at radius 1 is 0.739 bits per heavy atom. The van der Waals surface area contributed by atoms with Crippen LogP contribution in [-0.2, 0) is 9.31 Å². The van der Waals surface area contributed by atoms with Crippen LogP contribution < -0.4 is 24.4 Å². The third-order valence-electron chi connectivity index (χ3n) is 4.52. The Kier molecular flexibility index (Phi) is 4.73. The lowest BCUT2D eigenvalue weighted by atomic mass is 9.77. The van der Waals surface area contributed by atoms with Crippen LogP contribution in [0.25, 0.3) is 0 Å². The average molecular weight is 324 g/mol. The van der Waals surface area contributed by atoms with E-state index < -0.39 is 18.3 Å². The van der Waals surface area contributed by atoms with E-state index >= 15 is 0 Å². The highest BCUT2D eigenvalue weighted by Crippen LogP contribution is 2.45. The number of benzene rings is 1. The van der Waals surface area contributed by atoms with Gasteiger partial charge >= 0.3 is 7.12 Å². The maximum atomic E-state index is 6.11. The standard InChI is InChI=1S/C16H25BO6/c1-15(2)16(3,4)23-17(22-15)10-9-11(18-5)13(20-7)14(21-8)12(10)19-6/h9H,1-8H3. The minimum absolute atomic E-state index is 0.444. The summed E-state index contributed by atoms with van der Waals surface area (Å²) in [6, 6.07) is 1.79. The van der Waals surface area contributed by atoms with Crippen LogP contribution in [0.3, 0.4) is 0 Å². The predicted molar refractivity (Wildman–Crippen MR) is 88.4 cm³/mol. The van der Waals surface area contributed by atoms with Crippen LogP contribution in [0.2, 0.25) is 0 Å². The number of rotatable bonds is 5. The summed E-state index contributed by atoms with van der Waals surface area (Å²) >= 11 is 0. The van der Waals surface area contributed by atoms with Crippen molar-refractivity contribution in [2.45, 2.75) is 38.9 Å². The molecule has 1 aliphatic heterocycles. The van der Waals surface area contributed by atoms with E-state index in [1.807, 2.05) is 27.7 Å². The van der Waals surface area contributed by atoms with Crippen molar-refractivity contribution >= 4 is 12.6 Å². The highest BCUT2D eigenvalue weighted by Gasteiger charge is 2.53. The third kappa shape index (κ3) is 2.83. The van der Waals surface area contributed by atoms with Crippen molar-refractivity contribution in [1.82, 2.24) is 0 Å². The van der Waals surface area contributed by atoms with Crippen LogP contribution in [0, 0.1) is 0 Å². The lowest BCUT2D eigenvalue weighted by Crippen LogP contribution is -2.41. The first-order chi connectivity index (χ1) is 10.7. The topological polar surface area (TPSA) is 55.4 Å². The first-order valence-electron chi connectivity index (χ1n) is 7.45. The molecule has 1 aromatic carbocycles. The Labute approximate surface area is 138 Å². The van der Waals surface area contributed by atoms with Gasteiger partial charge in [-0.1, -0.05) is 0 Å². The second-order valence-electron chi connectivity index (χ2n) is 6.36. The molecule has 0 aromatic heterocycles. The Hall–Kier alpha value is -1.60. The van der Waals surface area contributed by atoms with E-state index in [-0.39, 0.29) is 0 Å². The fourth-order valence-electron chi connectivity index (χ4n) is 2.50. The lowest BCUT2D eigenvalue weighted by molar-refractivity contribution is 0.00578. The fourth-order valence-corrected chi connectivity index (χ4v) is 2.50. The van der Waals surface area contributed by atoms with Crippen molar-refractivity contribution in [3.05, 3.63) is 6.07 Å².